The first-order valence-electron chi connectivity index (χ1n) is 7.77. The van der Waals surface area contributed by atoms with E-state index < -0.39 is 5.97 Å². The monoisotopic (exact) mass is 366 g/mol. The van der Waals surface area contributed by atoms with Crippen LogP contribution in [0.1, 0.15) is 15.9 Å². The molecule has 130 valence electrons. The molecule has 0 atom stereocenters. The molecule has 6 heteroatoms. The number of ether oxygens (including phenoxy) is 1. The van der Waals surface area contributed by atoms with Crippen molar-refractivity contribution in [2.24, 2.45) is 5.10 Å². The lowest BCUT2D eigenvalue weighted by molar-refractivity contribution is 0.0697. The van der Waals surface area contributed by atoms with Crippen LogP contribution in [0.25, 0.3) is 0 Å². The number of nitrogens with one attached hydrogen (secondary N) is 1. The maximum absolute atomic E-state index is 11.1. The molecule has 26 heavy (non-hydrogen) atoms. The number of carboxylic acid groups (broad SMARTS) is 1. The Morgan fingerprint density at radius 1 is 1.00 bits per heavy atom. The number of rotatable bonds is 6. The molecular formula is C20H15ClN2O3. The summed E-state index contributed by atoms with van der Waals surface area (Å²) in [6.07, 6.45) is 1.63. The maximum atomic E-state index is 11.1. The van der Waals surface area contributed by atoms with Gasteiger partial charge in [-0.1, -0.05) is 29.8 Å². The van der Waals surface area contributed by atoms with E-state index >= 15 is 0 Å². The second-order valence-corrected chi connectivity index (χ2v) is 5.76. The molecule has 3 rings (SSSR count). The van der Waals surface area contributed by atoms with Gasteiger partial charge in [0.15, 0.2) is 0 Å². The molecule has 0 aliphatic carbocycles. The maximum Gasteiger partial charge on any atom is 0.337 e. The van der Waals surface area contributed by atoms with Crippen molar-refractivity contribution in [1.29, 1.82) is 0 Å². The van der Waals surface area contributed by atoms with Crippen LogP contribution in [0.2, 0.25) is 5.02 Å². The third-order valence-electron chi connectivity index (χ3n) is 3.46. The second kappa shape index (κ2) is 8.18. The van der Waals surface area contributed by atoms with Gasteiger partial charge in [-0.25, -0.2) is 4.79 Å². The van der Waals surface area contributed by atoms with Crippen LogP contribution < -0.4 is 10.2 Å². The van der Waals surface area contributed by atoms with Crippen LogP contribution >= 0.6 is 11.6 Å². The Kier molecular flexibility index (Phi) is 5.51. The smallest absolute Gasteiger partial charge is 0.337 e. The average Bonchev–Trinajstić information content (AvgIpc) is 2.65. The molecule has 0 aliphatic heterocycles. The predicted octanol–water partition coefficient (Wildman–Crippen LogP) is 5.28. The van der Waals surface area contributed by atoms with Crippen LogP contribution in [0.15, 0.2) is 77.9 Å². The van der Waals surface area contributed by atoms with Crippen LogP contribution in [-0.2, 0) is 0 Å². The summed E-state index contributed by atoms with van der Waals surface area (Å²) in [6.45, 7) is 0. The highest BCUT2D eigenvalue weighted by atomic mass is 35.5. The summed E-state index contributed by atoms with van der Waals surface area (Å²) in [5.41, 5.74) is 4.21. The third kappa shape index (κ3) is 4.62. The van der Waals surface area contributed by atoms with Gasteiger partial charge in [0.2, 0.25) is 0 Å². The fraction of sp³-hybridized carbons (Fsp3) is 0. The minimum Gasteiger partial charge on any atom is -0.478 e. The molecule has 3 aromatic carbocycles. The summed E-state index contributed by atoms with van der Waals surface area (Å²) in [4.78, 5) is 11.1. The summed E-state index contributed by atoms with van der Waals surface area (Å²) in [7, 11) is 0. The molecule has 0 spiro atoms. The Balaban J connectivity index is 1.62. The van der Waals surface area contributed by atoms with Crippen LogP contribution in [0, 0.1) is 0 Å². The van der Waals surface area contributed by atoms with E-state index in [9.17, 15) is 4.79 Å². The number of nitrogens with zero attached hydrogens (tertiary/aromatic N) is 1. The van der Waals surface area contributed by atoms with Crippen LogP contribution in [0.3, 0.4) is 0 Å². The molecule has 0 heterocycles. The zero-order valence-corrected chi connectivity index (χ0v) is 14.4. The van der Waals surface area contributed by atoms with E-state index in [1.54, 1.807) is 12.3 Å². The molecular weight excluding hydrogens is 352 g/mol. The van der Waals surface area contributed by atoms with Crippen LogP contribution in [-0.4, -0.2) is 17.3 Å². The van der Waals surface area contributed by atoms with E-state index in [1.807, 2.05) is 54.6 Å². The zero-order valence-electron chi connectivity index (χ0n) is 13.6. The fourth-order valence-corrected chi connectivity index (χ4v) is 2.38. The SMILES string of the molecule is O=C(O)c1cc(NN=Cc2ccc(Oc3ccccc3)cc2)ccc1Cl. The van der Waals surface area contributed by atoms with Crippen molar-refractivity contribution < 1.29 is 14.6 Å². The van der Waals surface area contributed by atoms with Gasteiger partial charge in [-0.15, -0.1) is 0 Å². The summed E-state index contributed by atoms with van der Waals surface area (Å²) >= 11 is 5.84. The Bertz CT molecular complexity index is 926. The number of anilines is 1. The number of hydrazone groups is 1. The molecule has 0 bridgehead atoms. The summed E-state index contributed by atoms with van der Waals surface area (Å²) in [5.74, 6) is 0.411. The Hall–Kier alpha value is -3.31. The first-order chi connectivity index (χ1) is 12.6. The standard InChI is InChI=1S/C20H15ClN2O3/c21-19-11-8-15(12-18(19)20(24)25)23-22-13-14-6-9-17(10-7-14)26-16-4-2-1-3-5-16/h1-13,23H,(H,24,25). The lowest BCUT2D eigenvalue weighted by atomic mass is 10.2. The van der Waals surface area contributed by atoms with Crippen molar-refractivity contribution in [1.82, 2.24) is 0 Å². The van der Waals surface area contributed by atoms with E-state index in [1.165, 1.54) is 12.1 Å². The lowest BCUT2D eigenvalue weighted by Crippen LogP contribution is -1.99. The molecule has 0 saturated carbocycles. The summed E-state index contributed by atoms with van der Waals surface area (Å²) in [6, 6.07) is 21.6. The van der Waals surface area contributed by atoms with Crippen molar-refractivity contribution in [3.63, 3.8) is 0 Å². The molecule has 5 nitrogen and oxygen atoms in total. The van der Waals surface area contributed by atoms with Gasteiger partial charge in [-0.2, -0.15) is 5.10 Å². The largest absolute Gasteiger partial charge is 0.478 e. The normalized spacial score (nSPS) is 10.7. The highest BCUT2D eigenvalue weighted by molar-refractivity contribution is 6.33. The number of benzene rings is 3. The van der Waals surface area contributed by atoms with E-state index in [2.05, 4.69) is 10.5 Å². The number of halogens is 1. The number of aromatic carboxylic acids is 1. The Labute approximate surface area is 155 Å². The van der Waals surface area contributed by atoms with Gasteiger partial charge in [0, 0.05) is 0 Å². The fourth-order valence-electron chi connectivity index (χ4n) is 2.19. The van der Waals surface area contributed by atoms with Crippen molar-refractivity contribution in [3.8, 4) is 11.5 Å². The molecule has 0 unspecified atom stereocenters. The zero-order chi connectivity index (χ0) is 18.4. The van der Waals surface area contributed by atoms with Crippen molar-refractivity contribution in [3.05, 3.63) is 88.9 Å². The molecule has 0 aliphatic rings. The number of carboxylic acids is 1. The van der Waals surface area contributed by atoms with E-state index in [4.69, 9.17) is 21.4 Å². The number of carbonyl (C=O) groups is 1. The first-order valence-corrected chi connectivity index (χ1v) is 8.14. The highest BCUT2D eigenvalue weighted by Crippen LogP contribution is 2.22. The van der Waals surface area contributed by atoms with Gasteiger partial charge in [-0.3, -0.25) is 5.43 Å². The summed E-state index contributed by atoms with van der Waals surface area (Å²) in [5, 5.41) is 13.3. The molecule has 0 fully saturated rings. The van der Waals surface area contributed by atoms with Gasteiger partial charge >= 0.3 is 5.97 Å². The predicted molar refractivity (Wildman–Crippen MR) is 103 cm³/mol. The number of hydrogen-bond acceptors (Lipinski definition) is 4. The topological polar surface area (TPSA) is 70.9 Å². The number of hydrogen-bond donors (Lipinski definition) is 2. The minimum atomic E-state index is -1.09. The van der Waals surface area contributed by atoms with E-state index in [0.29, 0.717) is 5.69 Å². The minimum absolute atomic E-state index is 0.0225. The Morgan fingerprint density at radius 3 is 2.38 bits per heavy atom. The highest BCUT2D eigenvalue weighted by Gasteiger charge is 2.08. The second-order valence-electron chi connectivity index (χ2n) is 5.35. The van der Waals surface area contributed by atoms with Gasteiger partial charge in [0.05, 0.1) is 22.5 Å². The van der Waals surface area contributed by atoms with Gasteiger partial charge in [-0.05, 0) is 60.2 Å². The molecule has 0 saturated heterocycles. The molecule has 3 aromatic rings. The van der Waals surface area contributed by atoms with Crippen molar-refractivity contribution >= 4 is 29.5 Å². The molecule has 2 N–H and O–H groups in total. The van der Waals surface area contributed by atoms with Crippen molar-refractivity contribution in [2.75, 3.05) is 5.43 Å². The van der Waals surface area contributed by atoms with Gasteiger partial charge in [0.25, 0.3) is 0 Å². The van der Waals surface area contributed by atoms with Crippen LogP contribution in [0.4, 0.5) is 5.69 Å². The lowest BCUT2D eigenvalue weighted by Gasteiger charge is -2.05. The van der Waals surface area contributed by atoms with E-state index in [-0.39, 0.29) is 10.6 Å². The molecule has 0 amide bonds. The van der Waals surface area contributed by atoms with E-state index in [0.717, 1.165) is 17.1 Å². The van der Waals surface area contributed by atoms with Gasteiger partial charge < -0.3 is 9.84 Å². The molecule has 0 aromatic heterocycles. The molecule has 0 radical (unpaired) electrons. The first kappa shape index (κ1) is 17.5. The Morgan fingerprint density at radius 2 is 1.69 bits per heavy atom. The van der Waals surface area contributed by atoms with Gasteiger partial charge in [0.1, 0.15) is 11.5 Å². The van der Waals surface area contributed by atoms with Crippen molar-refractivity contribution in [2.45, 2.75) is 0 Å². The van der Waals surface area contributed by atoms with Crippen LogP contribution in [0.5, 0.6) is 11.5 Å². The summed E-state index contributed by atoms with van der Waals surface area (Å²) < 4.78 is 5.73. The number of para-hydroxylation sites is 1. The average molecular weight is 367 g/mol. The third-order valence-corrected chi connectivity index (χ3v) is 3.79. The quantitative estimate of drug-likeness (QED) is 0.460.